The van der Waals surface area contributed by atoms with Crippen molar-refractivity contribution in [2.75, 3.05) is 10.6 Å². The molecule has 3 N–H and O–H groups in total. The Morgan fingerprint density at radius 3 is 2.62 bits per heavy atom. The van der Waals surface area contributed by atoms with Gasteiger partial charge in [0.25, 0.3) is 0 Å². The molecular weight excluding hydrogens is 324 g/mol. The fraction of sp³-hybridized carbons (Fsp3) is 0. The lowest BCUT2D eigenvalue weighted by molar-refractivity contribution is 1.12. The van der Waals surface area contributed by atoms with Crippen LogP contribution in [0, 0.1) is 0 Å². The Morgan fingerprint density at radius 1 is 0.917 bits per heavy atom. The third kappa shape index (κ3) is 3.13. The number of rotatable bonds is 4. The van der Waals surface area contributed by atoms with Gasteiger partial charge >= 0.3 is 0 Å². The van der Waals surface area contributed by atoms with Crippen molar-refractivity contribution in [2.45, 2.75) is 0 Å². The topological polar surface area (TPSA) is 78.5 Å². The Morgan fingerprint density at radius 2 is 1.75 bits per heavy atom. The van der Waals surface area contributed by atoms with Gasteiger partial charge in [-0.3, -0.25) is 5.10 Å². The molecule has 2 aromatic heterocycles. The summed E-state index contributed by atoms with van der Waals surface area (Å²) in [6.45, 7) is 0. The highest BCUT2D eigenvalue weighted by Crippen LogP contribution is 2.21. The first-order valence-corrected chi connectivity index (χ1v) is 7.70. The Kier molecular flexibility index (Phi) is 3.72. The van der Waals surface area contributed by atoms with E-state index in [2.05, 4.69) is 30.8 Å². The maximum atomic E-state index is 5.89. The molecule has 0 spiro atoms. The molecule has 0 amide bonds. The smallest absolute Gasteiger partial charge is 0.229 e. The maximum Gasteiger partial charge on any atom is 0.229 e. The number of anilines is 4. The van der Waals surface area contributed by atoms with Crippen LogP contribution in [0.5, 0.6) is 0 Å². The molecule has 0 saturated carbocycles. The van der Waals surface area contributed by atoms with Crippen molar-refractivity contribution in [1.82, 2.24) is 20.2 Å². The first-order valence-electron chi connectivity index (χ1n) is 7.32. The molecule has 0 atom stereocenters. The molecule has 4 aromatic rings. The average Bonchev–Trinajstić information content (AvgIpc) is 3.05. The van der Waals surface area contributed by atoms with E-state index >= 15 is 0 Å². The first-order chi connectivity index (χ1) is 11.8. The predicted molar refractivity (Wildman–Crippen MR) is 96.1 cm³/mol. The van der Waals surface area contributed by atoms with Crippen molar-refractivity contribution in [3.05, 3.63) is 65.9 Å². The molecule has 118 valence electrons. The third-order valence-corrected chi connectivity index (χ3v) is 3.72. The average molecular weight is 337 g/mol. The lowest BCUT2D eigenvalue weighted by Gasteiger charge is -2.08. The van der Waals surface area contributed by atoms with E-state index in [4.69, 9.17) is 11.6 Å². The Labute approximate surface area is 142 Å². The number of nitrogens with zero attached hydrogens (tertiary/aromatic N) is 3. The molecule has 2 aromatic carbocycles. The Hall–Kier alpha value is -3.12. The summed E-state index contributed by atoms with van der Waals surface area (Å²) in [5.74, 6) is 1.20. The normalized spacial score (nSPS) is 10.7. The van der Waals surface area contributed by atoms with Crippen LogP contribution in [0.1, 0.15) is 0 Å². The maximum absolute atomic E-state index is 5.89. The first kappa shape index (κ1) is 14.5. The van der Waals surface area contributed by atoms with Gasteiger partial charge in [0.15, 0.2) is 0 Å². The monoisotopic (exact) mass is 336 g/mol. The molecule has 2 heterocycles. The fourth-order valence-corrected chi connectivity index (χ4v) is 2.45. The fourth-order valence-electron chi connectivity index (χ4n) is 2.32. The SMILES string of the molecule is Clc1ccc(Nc2nccc(Nc3ccc4[nH]ncc4c3)n2)cc1. The Bertz CT molecular complexity index is 980. The zero-order chi connectivity index (χ0) is 16.4. The summed E-state index contributed by atoms with van der Waals surface area (Å²) in [4.78, 5) is 8.69. The van der Waals surface area contributed by atoms with Crippen LogP contribution in [0.4, 0.5) is 23.1 Å². The van der Waals surface area contributed by atoms with Gasteiger partial charge in [-0.2, -0.15) is 10.1 Å². The van der Waals surface area contributed by atoms with E-state index < -0.39 is 0 Å². The van der Waals surface area contributed by atoms with Crippen LogP contribution in [0.25, 0.3) is 10.9 Å². The van der Waals surface area contributed by atoms with E-state index in [1.807, 2.05) is 48.5 Å². The molecule has 0 unspecified atom stereocenters. The largest absolute Gasteiger partial charge is 0.340 e. The molecular formula is C17H13ClN6. The molecule has 0 aliphatic carbocycles. The van der Waals surface area contributed by atoms with Crippen LogP contribution in [-0.2, 0) is 0 Å². The summed E-state index contributed by atoms with van der Waals surface area (Å²) < 4.78 is 0. The number of aromatic amines is 1. The molecule has 4 rings (SSSR count). The summed E-state index contributed by atoms with van der Waals surface area (Å²) in [5.41, 5.74) is 2.80. The van der Waals surface area contributed by atoms with E-state index in [1.54, 1.807) is 12.4 Å². The van der Waals surface area contributed by atoms with Gasteiger partial charge in [-0.25, -0.2) is 4.98 Å². The van der Waals surface area contributed by atoms with Gasteiger partial charge in [0, 0.05) is 28.0 Å². The van der Waals surface area contributed by atoms with Gasteiger partial charge in [-0.05, 0) is 48.5 Å². The minimum Gasteiger partial charge on any atom is -0.340 e. The number of nitrogens with one attached hydrogen (secondary N) is 3. The lowest BCUT2D eigenvalue weighted by Crippen LogP contribution is -2.00. The van der Waals surface area contributed by atoms with E-state index in [0.717, 1.165) is 22.3 Å². The zero-order valence-corrected chi connectivity index (χ0v) is 13.2. The highest BCUT2D eigenvalue weighted by atomic mass is 35.5. The highest BCUT2D eigenvalue weighted by Gasteiger charge is 2.03. The van der Waals surface area contributed by atoms with Gasteiger partial charge in [0.2, 0.25) is 5.95 Å². The summed E-state index contributed by atoms with van der Waals surface area (Å²) in [7, 11) is 0. The van der Waals surface area contributed by atoms with Crippen molar-refractivity contribution >= 4 is 45.6 Å². The molecule has 24 heavy (non-hydrogen) atoms. The number of hydrogen-bond donors (Lipinski definition) is 3. The van der Waals surface area contributed by atoms with Crippen LogP contribution in [0.2, 0.25) is 5.02 Å². The van der Waals surface area contributed by atoms with Gasteiger partial charge < -0.3 is 10.6 Å². The number of H-pyrrole nitrogens is 1. The van der Waals surface area contributed by atoms with Gasteiger partial charge in [-0.1, -0.05) is 11.6 Å². The third-order valence-electron chi connectivity index (χ3n) is 3.47. The van der Waals surface area contributed by atoms with Crippen molar-refractivity contribution in [1.29, 1.82) is 0 Å². The zero-order valence-electron chi connectivity index (χ0n) is 12.5. The van der Waals surface area contributed by atoms with Crippen molar-refractivity contribution in [3.63, 3.8) is 0 Å². The molecule has 0 radical (unpaired) electrons. The van der Waals surface area contributed by atoms with Crippen molar-refractivity contribution in [2.24, 2.45) is 0 Å². The number of halogens is 1. The lowest BCUT2D eigenvalue weighted by atomic mass is 10.2. The highest BCUT2D eigenvalue weighted by molar-refractivity contribution is 6.30. The molecule has 0 aliphatic rings. The van der Waals surface area contributed by atoms with Crippen LogP contribution in [0.3, 0.4) is 0 Å². The molecule has 0 bridgehead atoms. The van der Waals surface area contributed by atoms with E-state index in [9.17, 15) is 0 Å². The minimum absolute atomic E-state index is 0.506. The van der Waals surface area contributed by atoms with E-state index in [-0.39, 0.29) is 0 Å². The van der Waals surface area contributed by atoms with Crippen LogP contribution in [0.15, 0.2) is 60.9 Å². The summed E-state index contributed by atoms with van der Waals surface area (Å²) in [6.07, 6.45) is 3.48. The van der Waals surface area contributed by atoms with Crippen LogP contribution in [-0.4, -0.2) is 20.2 Å². The number of benzene rings is 2. The van der Waals surface area contributed by atoms with Crippen molar-refractivity contribution < 1.29 is 0 Å². The quantitative estimate of drug-likeness (QED) is 0.511. The predicted octanol–water partition coefficient (Wildman–Crippen LogP) is 4.49. The second-order valence-electron chi connectivity index (χ2n) is 5.19. The minimum atomic E-state index is 0.506. The van der Waals surface area contributed by atoms with Gasteiger partial charge in [0.05, 0.1) is 11.7 Å². The molecule has 0 aliphatic heterocycles. The van der Waals surface area contributed by atoms with E-state index in [1.165, 1.54) is 0 Å². The number of aromatic nitrogens is 4. The van der Waals surface area contributed by atoms with Gasteiger partial charge in [0.1, 0.15) is 5.82 Å². The summed E-state index contributed by atoms with van der Waals surface area (Å²) in [5, 5.41) is 15.1. The second-order valence-corrected chi connectivity index (χ2v) is 5.63. The number of fused-ring (bicyclic) bond motifs is 1. The standard InChI is InChI=1S/C17H13ClN6/c18-12-1-3-13(4-2-12)22-17-19-8-7-16(23-17)21-14-5-6-15-11(9-14)10-20-24-15/h1-10H,(H,20,24)(H2,19,21,22,23). The van der Waals surface area contributed by atoms with Crippen molar-refractivity contribution in [3.8, 4) is 0 Å². The van der Waals surface area contributed by atoms with Crippen LogP contribution < -0.4 is 10.6 Å². The summed E-state index contributed by atoms with van der Waals surface area (Å²) >= 11 is 5.89. The molecule has 6 nitrogen and oxygen atoms in total. The molecule has 7 heteroatoms. The number of hydrogen-bond acceptors (Lipinski definition) is 5. The second kappa shape index (κ2) is 6.17. The van der Waals surface area contributed by atoms with Gasteiger partial charge in [-0.15, -0.1) is 0 Å². The molecule has 0 fully saturated rings. The van der Waals surface area contributed by atoms with Crippen LogP contribution >= 0.6 is 11.6 Å². The molecule has 0 saturated heterocycles. The Balaban J connectivity index is 1.54. The summed E-state index contributed by atoms with van der Waals surface area (Å²) in [6, 6.07) is 15.1. The van der Waals surface area contributed by atoms with E-state index in [0.29, 0.717) is 16.8 Å².